The van der Waals surface area contributed by atoms with Crippen LogP contribution in [0.4, 0.5) is 17.1 Å². The summed E-state index contributed by atoms with van der Waals surface area (Å²) >= 11 is 0. The average Bonchev–Trinajstić information content (AvgIpc) is 3.96. The number of fused-ring (bicyclic) bond motifs is 7. The first-order valence-electron chi connectivity index (χ1n) is 22.7. The van der Waals surface area contributed by atoms with Gasteiger partial charge in [-0.15, -0.1) is 0 Å². The first-order valence-corrected chi connectivity index (χ1v) is 22.7. The standard InChI is InChI=1S/C63H38N2O2/c1-36-15-9-11-21-42(36)56-58-47-25-13-23-44-39(34-52-62(66)45-29-27-38(35-64)33-51(45)63(52)67)28-30-49(54(44)47)60(58)57(43-22-12-10-16-37(43)2)59-48-26-14-24-46-53(32-31-50(55(46)48)61(56)59)65(40-17-5-3-6-18-40)41-19-7-4-8-20-41/h3-34H,1-2H3/b52-34+. The van der Waals surface area contributed by atoms with Gasteiger partial charge in [-0.05, 0) is 167 Å². The Morgan fingerprint density at radius 3 is 1.46 bits per heavy atom. The Morgan fingerprint density at radius 1 is 0.418 bits per heavy atom. The predicted octanol–water partition coefficient (Wildman–Crippen LogP) is 16.2. The van der Waals surface area contributed by atoms with Gasteiger partial charge in [0.25, 0.3) is 0 Å². The molecule has 0 heterocycles. The van der Waals surface area contributed by atoms with Crippen LogP contribution >= 0.6 is 0 Å². The smallest absolute Gasteiger partial charge is 0.197 e. The fourth-order valence-electron chi connectivity index (χ4n) is 11.3. The van der Waals surface area contributed by atoms with Crippen LogP contribution in [0.15, 0.2) is 194 Å². The van der Waals surface area contributed by atoms with E-state index in [1.807, 2.05) is 0 Å². The number of allylic oxidation sites excluding steroid dienone is 1. The van der Waals surface area contributed by atoms with Crippen molar-refractivity contribution in [3.63, 3.8) is 0 Å². The van der Waals surface area contributed by atoms with Crippen molar-refractivity contribution in [2.45, 2.75) is 13.8 Å². The first kappa shape index (κ1) is 38.5. The number of hydrogen-bond acceptors (Lipinski definition) is 4. The van der Waals surface area contributed by atoms with Crippen LogP contribution in [0, 0.1) is 25.2 Å². The fraction of sp³-hybridized carbons (Fsp3) is 0.0317. The summed E-state index contributed by atoms with van der Waals surface area (Å²) in [6.45, 7) is 4.42. The third-order valence-electron chi connectivity index (χ3n) is 14.2. The maximum atomic E-state index is 13.9. The van der Waals surface area contributed by atoms with Crippen molar-refractivity contribution in [1.82, 2.24) is 0 Å². The van der Waals surface area contributed by atoms with Gasteiger partial charge >= 0.3 is 0 Å². The zero-order chi connectivity index (χ0) is 45.1. The van der Waals surface area contributed by atoms with Crippen molar-refractivity contribution >= 4 is 99.3 Å². The van der Waals surface area contributed by atoms with Crippen molar-refractivity contribution in [3.8, 4) is 28.3 Å². The Kier molecular flexibility index (Phi) is 8.37. The maximum Gasteiger partial charge on any atom is 0.197 e. The topological polar surface area (TPSA) is 61.2 Å². The first-order chi connectivity index (χ1) is 32.9. The summed E-state index contributed by atoms with van der Waals surface area (Å²) in [5.41, 5.74) is 12.3. The number of nitrogens with zero attached hydrogens (tertiary/aromatic N) is 2. The van der Waals surface area contributed by atoms with E-state index in [9.17, 15) is 14.9 Å². The lowest BCUT2D eigenvalue weighted by molar-refractivity contribution is 0.0990. The molecule has 4 nitrogen and oxygen atoms in total. The van der Waals surface area contributed by atoms with E-state index in [2.05, 4.69) is 195 Å². The van der Waals surface area contributed by atoms with Crippen LogP contribution in [0.5, 0.6) is 0 Å². The highest BCUT2D eigenvalue weighted by atomic mass is 16.2. The highest BCUT2D eigenvalue weighted by Gasteiger charge is 2.34. The minimum atomic E-state index is -0.351. The highest BCUT2D eigenvalue weighted by Crippen LogP contribution is 2.57. The van der Waals surface area contributed by atoms with E-state index in [1.165, 1.54) is 82.5 Å². The lowest BCUT2D eigenvalue weighted by atomic mass is 9.85. The molecule has 0 saturated heterocycles. The van der Waals surface area contributed by atoms with Gasteiger partial charge in [-0.1, -0.05) is 140 Å². The van der Waals surface area contributed by atoms with E-state index < -0.39 is 0 Å². The SMILES string of the molecule is Cc1ccccc1-c1c2c3ccc(/C=C4\C(=O)c5ccc(C#N)cc5C4=O)c4cccc(c2c(-c2ccccc2C)c2c5ccc(N(c6ccccc6)c6ccccc6)c6cccc(c12)c65)c43. The third kappa shape index (κ3) is 5.46. The number of nitriles is 1. The zero-order valence-electron chi connectivity index (χ0n) is 36.7. The van der Waals surface area contributed by atoms with Crippen molar-refractivity contribution in [1.29, 1.82) is 5.26 Å². The third-order valence-corrected chi connectivity index (χ3v) is 14.2. The summed E-state index contributed by atoms with van der Waals surface area (Å²) in [7, 11) is 0. The Bertz CT molecular complexity index is 4020. The molecule has 67 heavy (non-hydrogen) atoms. The molecule has 12 aromatic rings. The molecular formula is C63H38N2O2. The summed E-state index contributed by atoms with van der Waals surface area (Å²) in [6, 6.07) is 67.8. The molecule has 1 aliphatic rings. The van der Waals surface area contributed by atoms with Gasteiger partial charge in [-0.3, -0.25) is 9.59 Å². The second-order valence-corrected chi connectivity index (χ2v) is 17.8. The quantitative estimate of drug-likeness (QED) is 0.123. The second kappa shape index (κ2) is 14.6. The summed E-state index contributed by atoms with van der Waals surface area (Å²) in [6.07, 6.45) is 1.76. The lowest BCUT2D eigenvalue weighted by Gasteiger charge is -2.27. The zero-order valence-corrected chi connectivity index (χ0v) is 36.7. The molecule has 4 heteroatoms. The van der Waals surface area contributed by atoms with Crippen LogP contribution in [0.25, 0.3) is 93.0 Å². The van der Waals surface area contributed by atoms with Crippen molar-refractivity contribution in [2.24, 2.45) is 0 Å². The number of ketones is 2. The van der Waals surface area contributed by atoms with E-state index in [1.54, 1.807) is 18.2 Å². The van der Waals surface area contributed by atoms with Crippen LogP contribution in [0.2, 0.25) is 0 Å². The number of carbonyl (C=O) groups is 2. The van der Waals surface area contributed by atoms with Crippen LogP contribution in [0.3, 0.4) is 0 Å². The van der Waals surface area contributed by atoms with Gasteiger partial charge in [0, 0.05) is 27.9 Å². The Balaban J connectivity index is 1.19. The molecule has 13 rings (SSSR count). The minimum Gasteiger partial charge on any atom is -0.310 e. The predicted molar refractivity (Wildman–Crippen MR) is 277 cm³/mol. The molecule has 0 unspecified atom stereocenters. The van der Waals surface area contributed by atoms with Gasteiger partial charge in [0.05, 0.1) is 22.9 Å². The number of hydrogen-bond donors (Lipinski definition) is 0. The van der Waals surface area contributed by atoms with E-state index in [0.29, 0.717) is 11.1 Å². The molecular weight excluding hydrogens is 817 g/mol. The average molecular weight is 855 g/mol. The molecule has 0 radical (unpaired) electrons. The lowest BCUT2D eigenvalue weighted by Crippen LogP contribution is -2.10. The molecule has 12 aromatic carbocycles. The molecule has 312 valence electrons. The van der Waals surface area contributed by atoms with Crippen LogP contribution in [0.1, 0.15) is 43.0 Å². The molecule has 0 aromatic heterocycles. The molecule has 0 amide bonds. The Hall–Kier alpha value is -8.91. The molecule has 1 aliphatic carbocycles. The van der Waals surface area contributed by atoms with Crippen molar-refractivity contribution in [3.05, 3.63) is 227 Å². The summed E-state index contributed by atoms with van der Waals surface area (Å²) < 4.78 is 0. The van der Waals surface area contributed by atoms with E-state index in [-0.39, 0.29) is 22.7 Å². The molecule has 0 saturated carbocycles. The highest BCUT2D eigenvalue weighted by molar-refractivity contribution is 6.47. The molecule has 0 bridgehead atoms. The summed E-state index contributed by atoms with van der Waals surface area (Å²) in [5, 5.41) is 23.5. The van der Waals surface area contributed by atoms with Crippen LogP contribution < -0.4 is 4.90 Å². The monoisotopic (exact) mass is 854 g/mol. The van der Waals surface area contributed by atoms with Gasteiger partial charge in [0.2, 0.25) is 0 Å². The normalized spacial score (nSPS) is 13.3. The minimum absolute atomic E-state index is 0.114. The maximum absolute atomic E-state index is 13.9. The Morgan fingerprint density at radius 2 is 0.896 bits per heavy atom. The molecule has 0 fully saturated rings. The van der Waals surface area contributed by atoms with Crippen LogP contribution in [-0.2, 0) is 0 Å². The number of benzene rings is 10. The fourth-order valence-corrected chi connectivity index (χ4v) is 11.3. The van der Waals surface area contributed by atoms with Gasteiger partial charge in [0.15, 0.2) is 11.6 Å². The van der Waals surface area contributed by atoms with Gasteiger partial charge in [0.1, 0.15) is 0 Å². The van der Waals surface area contributed by atoms with E-state index in [0.717, 1.165) is 44.2 Å². The number of rotatable bonds is 6. The second-order valence-electron chi connectivity index (χ2n) is 17.8. The largest absolute Gasteiger partial charge is 0.310 e. The number of carbonyl (C=O) groups excluding carboxylic acids is 2. The number of anilines is 3. The Labute approximate surface area is 386 Å². The summed E-state index contributed by atoms with van der Waals surface area (Å²) in [4.78, 5) is 30.1. The van der Waals surface area contributed by atoms with Crippen molar-refractivity contribution in [2.75, 3.05) is 4.90 Å². The number of aryl methyl sites for hydroxylation is 2. The molecule has 0 spiro atoms. The van der Waals surface area contributed by atoms with Gasteiger partial charge in [-0.2, -0.15) is 5.26 Å². The van der Waals surface area contributed by atoms with Gasteiger partial charge in [-0.25, -0.2) is 0 Å². The number of Topliss-reactive ketones (excluding diaryl/α,β-unsaturated/α-hetero) is 2. The summed E-state index contributed by atoms with van der Waals surface area (Å²) in [5.74, 6) is -0.668. The van der Waals surface area contributed by atoms with Crippen molar-refractivity contribution < 1.29 is 9.59 Å². The molecule has 0 N–H and O–H groups in total. The van der Waals surface area contributed by atoms with Crippen LogP contribution in [-0.4, -0.2) is 11.6 Å². The molecule has 0 atom stereocenters. The van der Waals surface area contributed by atoms with Gasteiger partial charge < -0.3 is 4.90 Å². The van der Waals surface area contributed by atoms with E-state index in [4.69, 9.17) is 0 Å². The van der Waals surface area contributed by atoms with E-state index >= 15 is 0 Å². The molecule has 0 aliphatic heterocycles. The number of para-hydroxylation sites is 2.